The number of benzene rings is 2. The van der Waals surface area contributed by atoms with Crippen LogP contribution in [0, 0.1) is 0 Å². The van der Waals surface area contributed by atoms with Gasteiger partial charge in [0.1, 0.15) is 5.75 Å². The molecule has 1 amide bonds. The third-order valence-electron chi connectivity index (χ3n) is 3.84. The number of hydrogen-bond donors (Lipinski definition) is 2. The van der Waals surface area contributed by atoms with Gasteiger partial charge in [0.25, 0.3) is 0 Å². The molecule has 0 aliphatic carbocycles. The summed E-state index contributed by atoms with van der Waals surface area (Å²) in [4.78, 5) is 28.2. The second kappa shape index (κ2) is 9.74. The smallest absolute Gasteiger partial charge is 0.338 e. The van der Waals surface area contributed by atoms with Crippen LogP contribution in [-0.2, 0) is 9.53 Å². The SMILES string of the molecule is CCOC(=O)c1ccc(NC(=O)CSc2n[nH]c(-c3ccc(OC)cc3)n2)cc1. The Kier molecular flexibility index (Phi) is 6.85. The van der Waals surface area contributed by atoms with E-state index in [0.717, 1.165) is 11.3 Å². The molecule has 0 fully saturated rings. The summed E-state index contributed by atoms with van der Waals surface area (Å²) < 4.78 is 10.1. The van der Waals surface area contributed by atoms with Crippen LogP contribution in [-0.4, -0.2) is 46.5 Å². The van der Waals surface area contributed by atoms with Crippen molar-refractivity contribution in [3.63, 3.8) is 0 Å². The second-order valence-corrected chi connectivity index (χ2v) is 6.77. The molecular formula is C20H20N4O4S. The number of amides is 1. The molecule has 0 atom stereocenters. The number of carbonyl (C=O) groups is 2. The lowest BCUT2D eigenvalue weighted by atomic mass is 10.2. The number of nitrogens with one attached hydrogen (secondary N) is 2. The van der Waals surface area contributed by atoms with Gasteiger partial charge in [-0.3, -0.25) is 9.89 Å². The highest BCUT2D eigenvalue weighted by atomic mass is 32.2. The number of carbonyl (C=O) groups excluding carboxylic acids is 2. The van der Waals surface area contributed by atoms with Crippen LogP contribution in [0.4, 0.5) is 5.69 Å². The highest BCUT2D eigenvalue weighted by Gasteiger charge is 2.10. The number of nitrogens with zero attached hydrogens (tertiary/aromatic N) is 2. The molecule has 0 saturated heterocycles. The Morgan fingerprint density at radius 3 is 2.48 bits per heavy atom. The summed E-state index contributed by atoms with van der Waals surface area (Å²) in [6, 6.07) is 14.0. The molecule has 1 aromatic heterocycles. The van der Waals surface area contributed by atoms with Crippen LogP contribution in [0.3, 0.4) is 0 Å². The van der Waals surface area contributed by atoms with Gasteiger partial charge in [-0.2, -0.15) is 0 Å². The molecule has 1 heterocycles. The number of thioether (sulfide) groups is 1. The van der Waals surface area contributed by atoms with Crippen LogP contribution in [0.25, 0.3) is 11.4 Å². The van der Waals surface area contributed by atoms with Gasteiger partial charge in [-0.05, 0) is 55.5 Å². The van der Waals surface area contributed by atoms with Crippen LogP contribution in [0.1, 0.15) is 17.3 Å². The summed E-state index contributed by atoms with van der Waals surface area (Å²) in [5, 5.41) is 10.2. The van der Waals surface area contributed by atoms with Crippen LogP contribution in [0.2, 0.25) is 0 Å². The molecule has 0 saturated carbocycles. The molecule has 0 aliphatic heterocycles. The first-order valence-corrected chi connectivity index (χ1v) is 9.84. The van der Waals surface area contributed by atoms with Crippen molar-refractivity contribution in [1.82, 2.24) is 15.2 Å². The van der Waals surface area contributed by atoms with E-state index in [4.69, 9.17) is 9.47 Å². The standard InChI is InChI=1S/C20H20N4O4S/c1-3-28-19(26)14-4-8-15(9-5-14)21-17(25)12-29-20-22-18(23-24-20)13-6-10-16(27-2)11-7-13/h4-11H,3,12H2,1-2H3,(H,21,25)(H,22,23,24). The summed E-state index contributed by atoms with van der Waals surface area (Å²) in [5.74, 6) is 0.937. The zero-order valence-corrected chi connectivity index (χ0v) is 16.8. The number of aromatic nitrogens is 3. The van der Waals surface area contributed by atoms with E-state index in [0.29, 0.717) is 28.8 Å². The fourth-order valence-electron chi connectivity index (χ4n) is 2.42. The van der Waals surface area contributed by atoms with Gasteiger partial charge in [-0.15, -0.1) is 5.10 Å². The Labute approximate surface area is 172 Å². The topological polar surface area (TPSA) is 106 Å². The lowest BCUT2D eigenvalue weighted by Crippen LogP contribution is -2.14. The van der Waals surface area contributed by atoms with E-state index in [9.17, 15) is 9.59 Å². The minimum Gasteiger partial charge on any atom is -0.497 e. The average Bonchev–Trinajstić information content (AvgIpc) is 3.22. The van der Waals surface area contributed by atoms with E-state index in [2.05, 4.69) is 20.5 Å². The number of rotatable bonds is 8. The highest BCUT2D eigenvalue weighted by molar-refractivity contribution is 7.99. The number of H-pyrrole nitrogens is 1. The molecule has 3 rings (SSSR count). The normalized spacial score (nSPS) is 10.4. The zero-order chi connectivity index (χ0) is 20.6. The lowest BCUT2D eigenvalue weighted by molar-refractivity contribution is -0.113. The van der Waals surface area contributed by atoms with Crippen molar-refractivity contribution in [3.05, 3.63) is 54.1 Å². The number of methoxy groups -OCH3 is 1. The van der Waals surface area contributed by atoms with Gasteiger partial charge in [0.15, 0.2) is 5.82 Å². The Hall–Kier alpha value is -3.33. The summed E-state index contributed by atoms with van der Waals surface area (Å²) >= 11 is 1.22. The van der Waals surface area contributed by atoms with Gasteiger partial charge >= 0.3 is 5.97 Å². The van der Waals surface area contributed by atoms with Crippen molar-refractivity contribution in [3.8, 4) is 17.1 Å². The quantitative estimate of drug-likeness (QED) is 0.431. The maximum absolute atomic E-state index is 12.2. The Morgan fingerprint density at radius 1 is 1.10 bits per heavy atom. The Balaban J connectivity index is 1.51. The van der Waals surface area contributed by atoms with Crippen LogP contribution < -0.4 is 10.1 Å². The fraction of sp³-hybridized carbons (Fsp3) is 0.200. The maximum Gasteiger partial charge on any atom is 0.338 e. The van der Waals surface area contributed by atoms with Gasteiger partial charge in [-0.25, -0.2) is 9.78 Å². The summed E-state index contributed by atoms with van der Waals surface area (Å²) in [6.45, 7) is 2.06. The largest absolute Gasteiger partial charge is 0.497 e. The third-order valence-corrected chi connectivity index (χ3v) is 4.69. The molecule has 3 aromatic rings. The van der Waals surface area contributed by atoms with Crippen LogP contribution in [0.5, 0.6) is 5.75 Å². The Morgan fingerprint density at radius 2 is 1.83 bits per heavy atom. The molecule has 0 aliphatic rings. The van der Waals surface area contributed by atoms with Crippen LogP contribution in [0.15, 0.2) is 53.7 Å². The molecule has 0 bridgehead atoms. The predicted molar refractivity (Wildman–Crippen MR) is 110 cm³/mol. The van der Waals surface area contributed by atoms with Gasteiger partial charge < -0.3 is 14.8 Å². The van der Waals surface area contributed by atoms with E-state index in [1.54, 1.807) is 38.3 Å². The van der Waals surface area contributed by atoms with E-state index >= 15 is 0 Å². The second-order valence-electron chi connectivity index (χ2n) is 5.83. The number of aromatic amines is 1. The average molecular weight is 412 g/mol. The molecule has 0 radical (unpaired) electrons. The summed E-state index contributed by atoms with van der Waals surface area (Å²) in [6.07, 6.45) is 0. The number of ether oxygens (including phenoxy) is 2. The van der Waals surface area contributed by atoms with Crippen molar-refractivity contribution in [1.29, 1.82) is 0 Å². The highest BCUT2D eigenvalue weighted by Crippen LogP contribution is 2.22. The fourth-order valence-corrected chi connectivity index (χ4v) is 3.02. The van der Waals surface area contributed by atoms with Gasteiger partial charge in [0, 0.05) is 11.3 Å². The summed E-state index contributed by atoms with van der Waals surface area (Å²) in [5.41, 5.74) is 1.90. The molecule has 29 heavy (non-hydrogen) atoms. The van der Waals surface area contributed by atoms with Gasteiger partial charge in [0.05, 0.1) is 25.0 Å². The maximum atomic E-state index is 12.2. The van der Waals surface area contributed by atoms with E-state index < -0.39 is 5.97 Å². The van der Waals surface area contributed by atoms with Crippen molar-refractivity contribution in [2.75, 3.05) is 24.8 Å². The number of hydrogen-bond acceptors (Lipinski definition) is 7. The first kappa shape index (κ1) is 20.4. The molecule has 2 aromatic carbocycles. The van der Waals surface area contributed by atoms with E-state index in [1.165, 1.54) is 11.8 Å². The minimum absolute atomic E-state index is 0.152. The number of anilines is 1. The number of esters is 1. The van der Waals surface area contributed by atoms with Crippen LogP contribution >= 0.6 is 11.8 Å². The van der Waals surface area contributed by atoms with Crippen molar-refractivity contribution in [2.45, 2.75) is 12.1 Å². The minimum atomic E-state index is -0.391. The monoisotopic (exact) mass is 412 g/mol. The van der Waals surface area contributed by atoms with Crippen molar-refractivity contribution < 1.29 is 19.1 Å². The van der Waals surface area contributed by atoms with E-state index in [1.807, 2.05) is 24.3 Å². The molecule has 2 N–H and O–H groups in total. The molecule has 150 valence electrons. The van der Waals surface area contributed by atoms with E-state index in [-0.39, 0.29) is 11.7 Å². The Bertz CT molecular complexity index is 971. The van der Waals surface area contributed by atoms with Gasteiger partial charge in [-0.1, -0.05) is 11.8 Å². The van der Waals surface area contributed by atoms with Gasteiger partial charge in [0.2, 0.25) is 11.1 Å². The van der Waals surface area contributed by atoms with Crippen molar-refractivity contribution in [2.24, 2.45) is 0 Å². The molecule has 9 heteroatoms. The predicted octanol–water partition coefficient (Wildman–Crippen LogP) is 3.39. The van der Waals surface area contributed by atoms with Crippen molar-refractivity contribution >= 4 is 29.3 Å². The first-order valence-electron chi connectivity index (χ1n) is 8.85. The first-order chi connectivity index (χ1) is 14.1. The molecular weight excluding hydrogens is 392 g/mol. The molecule has 0 spiro atoms. The summed E-state index contributed by atoms with van der Waals surface area (Å²) in [7, 11) is 1.61. The molecule has 0 unspecified atom stereocenters. The molecule has 8 nitrogen and oxygen atoms in total. The third kappa shape index (κ3) is 5.58. The lowest BCUT2D eigenvalue weighted by Gasteiger charge is -2.05. The zero-order valence-electron chi connectivity index (χ0n) is 16.0.